The van der Waals surface area contributed by atoms with E-state index < -0.39 is 0 Å². The zero-order chi connectivity index (χ0) is 12.1. The van der Waals surface area contributed by atoms with Gasteiger partial charge in [0.15, 0.2) is 0 Å². The van der Waals surface area contributed by atoms with E-state index in [4.69, 9.17) is 4.42 Å². The summed E-state index contributed by atoms with van der Waals surface area (Å²) in [5, 5.41) is 0. The van der Waals surface area contributed by atoms with Crippen LogP contribution in [0.1, 0.15) is 43.1 Å². The Labute approximate surface area is 103 Å². The predicted octanol–water partition coefficient (Wildman–Crippen LogP) is 4.58. The van der Waals surface area contributed by atoms with Crippen molar-refractivity contribution in [1.29, 1.82) is 0 Å². The van der Waals surface area contributed by atoms with Gasteiger partial charge in [-0.3, -0.25) is 0 Å². The average Bonchev–Trinajstić information content (AvgIpc) is 2.83. The van der Waals surface area contributed by atoms with Gasteiger partial charge in [0, 0.05) is 6.42 Å². The maximum Gasteiger partial charge on any atom is 0.103 e. The van der Waals surface area contributed by atoms with Gasteiger partial charge in [-0.2, -0.15) is 0 Å². The van der Waals surface area contributed by atoms with Crippen molar-refractivity contribution in [2.45, 2.75) is 39.0 Å². The minimum absolute atomic E-state index is 0.618. The van der Waals surface area contributed by atoms with Gasteiger partial charge >= 0.3 is 0 Å². The summed E-state index contributed by atoms with van der Waals surface area (Å²) in [6.07, 6.45) is 5.04. The molecule has 2 aromatic rings. The summed E-state index contributed by atoms with van der Waals surface area (Å²) < 4.78 is 5.32. The summed E-state index contributed by atoms with van der Waals surface area (Å²) in [7, 11) is 0. The van der Waals surface area contributed by atoms with Crippen LogP contribution in [-0.2, 0) is 12.8 Å². The Morgan fingerprint density at radius 3 is 2.35 bits per heavy atom. The molecule has 0 aliphatic rings. The number of benzene rings is 1. The molecule has 0 aliphatic carbocycles. The van der Waals surface area contributed by atoms with Gasteiger partial charge in [-0.1, -0.05) is 38.1 Å². The van der Waals surface area contributed by atoms with E-state index in [9.17, 15) is 0 Å². The maximum atomic E-state index is 5.32. The molecule has 1 nitrogen and oxygen atoms in total. The molecule has 1 heterocycles. The maximum absolute atomic E-state index is 5.32. The Kier molecular flexibility index (Phi) is 4.03. The Balaban J connectivity index is 1.83. The Morgan fingerprint density at radius 1 is 1.00 bits per heavy atom. The van der Waals surface area contributed by atoms with Crippen LogP contribution in [0.15, 0.2) is 47.1 Å². The summed E-state index contributed by atoms with van der Waals surface area (Å²) in [6, 6.07) is 13.0. The molecule has 0 saturated carbocycles. The second-order valence-electron chi connectivity index (χ2n) is 4.83. The standard InChI is InChI=1S/C16H20O/c1-13(2)15-10-8-14(9-11-15)5-3-6-16-7-4-12-17-16/h4,7-13H,3,5-6H2,1-2H3. The number of hydrogen-bond donors (Lipinski definition) is 0. The topological polar surface area (TPSA) is 13.1 Å². The summed E-state index contributed by atoms with van der Waals surface area (Å²) >= 11 is 0. The zero-order valence-corrected chi connectivity index (χ0v) is 10.6. The van der Waals surface area contributed by atoms with Gasteiger partial charge in [0.25, 0.3) is 0 Å². The van der Waals surface area contributed by atoms with Crippen molar-refractivity contribution in [2.75, 3.05) is 0 Å². The van der Waals surface area contributed by atoms with E-state index in [0.717, 1.165) is 25.0 Å². The summed E-state index contributed by atoms with van der Waals surface area (Å²) in [4.78, 5) is 0. The van der Waals surface area contributed by atoms with Crippen LogP contribution in [0.5, 0.6) is 0 Å². The summed E-state index contributed by atoms with van der Waals surface area (Å²) in [6.45, 7) is 4.46. The molecule has 2 rings (SSSR count). The normalized spacial score (nSPS) is 11.0. The molecule has 0 unspecified atom stereocenters. The minimum atomic E-state index is 0.618. The van der Waals surface area contributed by atoms with Crippen LogP contribution in [0.3, 0.4) is 0 Å². The van der Waals surface area contributed by atoms with Crippen LogP contribution in [0, 0.1) is 0 Å². The highest BCUT2D eigenvalue weighted by atomic mass is 16.3. The van der Waals surface area contributed by atoms with E-state index in [1.807, 2.05) is 12.1 Å². The van der Waals surface area contributed by atoms with E-state index in [2.05, 4.69) is 38.1 Å². The Hall–Kier alpha value is -1.50. The van der Waals surface area contributed by atoms with Gasteiger partial charge in [-0.15, -0.1) is 0 Å². The van der Waals surface area contributed by atoms with E-state index >= 15 is 0 Å². The van der Waals surface area contributed by atoms with Crippen molar-refractivity contribution < 1.29 is 4.42 Å². The van der Waals surface area contributed by atoms with Crippen LogP contribution in [0.4, 0.5) is 0 Å². The summed E-state index contributed by atoms with van der Waals surface area (Å²) in [5.41, 5.74) is 2.83. The van der Waals surface area contributed by atoms with Gasteiger partial charge in [-0.05, 0) is 42.0 Å². The largest absolute Gasteiger partial charge is 0.469 e. The van der Waals surface area contributed by atoms with Crippen molar-refractivity contribution in [1.82, 2.24) is 0 Å². The van der Waals surface area contributed by atoms with Crippen LogP contribution in [0.25, 0.3) is 0 Å². The fourth-order valence-electron chi connectivity index (χ4n) is 1.99. The monoisotopic (exact) mass is 228 g/mol. The lowest BCUT2D eigenvalue weighted by Gasteiger charge is -2.06. The fourth-order valence-corrected chi connectivity index (χ4v) is 1.99. The SMILES string of the molecule is CC(C)c1ccc(CCCc2ccco2)cc1. The number of rotatable bonds is 5. The summed E-state index contributed by atoms with van der Waals surface area (Å²) in [5.74, 6) is 1.70. The van der Waals surface area contributed by atoms with Gasteiger partial charge in [0.2, 0.25) is 0 Å². The highest BCUT2D eigenvalue weighted by Gasteiger charge is 2.00. The molecule has 17 heavy (non-hydrogen) atoms. The number of hydrogen-bond acceptors (Lipinski definition) is 1. The molecule has 1 aromatic carbocycles. The van der Waals surface area contributed by atoms with Crippen molar-refractivity contribution >= 4 is 0 Å². The van der Waals surface area contributed by atoms with Crippen LogP contribution in [0.2, 0.25) is 0 Å². The second-order valence-corrected chi connectivity index (χ2v) is 4.83. The fraction of sp³-hybridized carbons (Fsp3) is 0.375. The van der Waals surface area contributed by atoms with Crippen molar-refractivity contribution in [3.05, 3.63) is 59.5 Å². The first-order chi connectivity index (χ1) is 8.25. The highest BCUT2D eigenvalue weighted by molar-refractivity contribution is 5.24. The quantitative estimate of drug-likeness (QED) is 0.730. The lowest BCUT2D eigenvalue weighted by molar-refractivity contribution is 0.502. The molecule has 0 saturated heterocycles. The van der Waals surface area contributed by atoms with E-state index in [1.54, 1.807) is 6.26 Å². The van der Waals surface area contributed by atoms with Gasteiger partial charge in [0.1, 0.15) is 5.76 Å². The first kappa shape index (κ1) is 12.0. The molecule has 0 radical (unpaired) electrons. The van der Waals surface area contributed by atoms with E-state index in [1.165, 1.54) is 11.1 Å². The molecule has 0 spiro atoms. The molecule has 0 bridgehead atoms. The lowest BCUT2D eigenvalue weighted by atomic mass is 10.00. The number of aryl methyl sites for hydroxylation is 2. The smallest absolute Gasteiger partial charge is 0.103 e. The predicted molar refractivity (Wildman–Crippen MR) is 71.3 cm³/mol. The molecule has 0 atom stereocenters. The van der Waals surface area contributed by atoms with E-state index in [-0.39, 0.29) is 0 Å². The van der Waals surface area contributed by atoms with E-state index in [0.29, 0.717) is 5.92 Å². The van der Waals surface area contributed by atoms with Crippen LogP contribution in [-0.4, -0.2) is 0 Å². The molecule has 0 fully saturated rings. The van der Waals surface area contributed by atoms with Gasteiger partial charge < -0.3 is 4.42 Å². The molecule has 90 valence electrons. The van der Waals surface area contributed by atoms with Crippen LogP contribution >= 0.6 is 0 Å². The molecule has 0 amide bonds. The van der Waals surface area contributed by atoms with Gasteiger partial charge in [0.05, 0.1) is 6.26 Å². The van der Waals surface area contributed by atoms with Crippen molar-refractivity contribution in [3.8, 4) is 0 Å². The van der Waals surface area contributed by atoms with Crippen LogP contribution < -0.4 is 0 Å². The third-order valence-electron chi connectivity index (χ3n) is 3.12. The zero-order valence-electron chi connectivity index (χ0n) is 10.6. The Bertz CT molecular complexity index is 423. The number of furan rings is 1. The third kappa shape index (κ3) is 3.48. The molecule has 0 aliphatic heterocycles. The first-order valence-electron chi connectivity index (χ1n) is 6.37. The molecule has 1 heteroatoms. The molecular weight excluding hydrogens is 208 g/mol. The molecular formula is C16H20O. The third-order valence-corrected chi connectivity index (χ3v) is 3.12. The van der Waals surface area contributed by atoms with Crippen molar-refractivity contribution in [2.24, 2.45) is 0 Å². The second kappa shape index (κ2) is 5.72. The molecule has 0 N–H and O–H groups in total. The van der Waals surface area contributed by atoms with Crippen molar-refractivity contribution in [3.63, 3.8) is 0 Å². The lowest BCUT2D eigenvalue weighted by Crippen LogP contribution is -1.91. The highest BCUT2D eigenvalue weighted by Crippen LogP contribution is 2.16. The first-order valence-corrected chi connectivity index (χ1v) is 6.37. The molecule has 1 aromatic heterocycles. The minimum Gasteiger partial charge on any atom is -0.469 e. The Morgan fingerprint density at radius 2 is 1.76 bits per heavy atom. The van der Waals surface area contributed by atoms with Gasteiger partial charge in [-0.25, -0.2) is 0 Å². The average molecular weight is 228 g/mol.